The summed E-state index contributed by atoms with van der Waals surface area (Å²) in [7, 11) is 0. The molecule has 118 valence electrons. The molecule has 0 amide bonds. The average Bonchev–Trinajstić information content (AvgIpc) is 2.80. The van der Waals surface area contributed by atoms with Crippen molar-refractivity contribution in [3.63, 3.8) is 0 Å². The molecule has 0 fully saturated rings. The van der Waals surface area contributed by atoms with Gasteiger partial charge in [-0.15, -0.1) is 6.58 Å². The third-order valence-electron chi connectivity index (χ3n) is 4.39. The van der Waals surface area contributed by atoms with Gasteiger partial charge in [0.2, 0.25) is 0 Å². The van der Waals surface area contributed by atoms with E-state index in [1.165, 1.54) is 23.4 Å². The van der Waals surface area contributed by atoms with Gasteiger partial charge < -0.3 is 4.57 Å². The Labute approximate surface area is 135 Å². The van der Waals surface area contributed by atoms with Gasteiger partial charge in [-0.2, -0.15) is 10.2 Å². The van der Waals surface area contributed by atoms with Gasteiger partial charge in [-0.3, -0.25) is 0 Å². The number of benzene rings is 1. The standard InChI is InChI=1S/C19H20FN3/c1-4-11-23-14(3)13(2)17-12-21-22-18(19(17)23)10-7-15-5-8-16(20)9-6-15/h4-6,8-9,12H,1,7,10-11H2,2-3H3. The zero-order valence-electron chi connectivity index (χ0n) is 13.5. The molecule has 0 N–H and O–H groups in total. The highest BCUT2D eigenvalue weighted by molar-refractivity contribution is 5.86. The van der Waals surface area contributed by atoms with Crippen LogP contribution in [-0.2, 0) is 19.4 Å². The molecule has 0 aliphatic rings. The number of hydrogen-bond donors (Lipinski definition) is 0. The fourth-order valence-electron chi connectivity index (χ4n) is 3.00. The first-order valence-electron chi connectivity index (χ1n) is 7.77. The van der Waals surface area contributed by atoms with Crippen LogP contribution in [0.1, 0.15) is 22.5 Å². The molecule has 2 aromatic heterocycles. The van der Waals surface area contributed by atoms with E-state index in [1.54, 1.807) is 0 Å². The quantitative estimate of drug-likeness (QED) is 0.663. The van der Waals surface area contributed by atoms with Crippen LogP contribution in [-0.4, -0.2) is 14.8 Å². The topological polar surface area (TPSA) is 30.7 Å². The third kappa shape index (κ3) is 2.89. The van der Waals surface area contributed by atoms with Crippen molar-refractivity contribution in [3.8, 4) is 0 Å². The lowest BCUT2D eigenvalue weighted by molar-refractivity contribution is 0.627. The predicted octanol–water partition coefficient (Wildman–Crippen LogP) is 4.16. The summed E-state index contributed by atoms with van der Waals surface area (Å²) >= 11 is 0. The number of hydrogen-bond acceptors (Lipinski definition) is 2. The van der Waals surface area contributed by atoms with Gasteiger partial charge in [-0.1, -0.05) is 18.2 Å². The summed E-state index contributed by atoms with van der Waals surface area (Å²) in [6, 6.07) is 6.64. The molecule has 0 bridgehead atoms. The van der Waals surface area contributed by atoms with Gasteiger partial charge in [-0.25, -0.2) is 4.39 Å². The van der Waals surface area contributed by atoms with E-state index in [1.807, 2.05) is 24.4 Å². The maximum atomic E-state index is 13.0. The molecule has 0 aliphatic heterocycles. The van der Waals surface area contributed by atoms with Crippen LogP contribution in [0.4, 0.5) is 4.39 Å². The molecule has 2 heterocycles. The van der Waals surface area contributed by atoms with E-state index in [-0.39, 0.29) is 5.82 Å². The summed E-state index contributed by atoms with van der Waals surface area (Å²) in [6.45, 7) is 8.84. The van der Waals surface area contributed by atoms with Crippen molar-refractivity contribution >= 4 is 10.9 Å². The maximum absolute atomic E-state index is 13.0. The molecular formula is C19H20FN3. The van der Waals surface area contributed by atoms with Crippen molar-refractivity contribution < 1.29 is 4.39 Å². The summed E-state index contributed by atoms with van der Waals surface area (Å²) in [5, 5.41) is 9.67. The van der Waals surface area contributed by atoms with Crippen LogP contribution in [0.25, 0.3) is 10.9 Å². The Morgan fingerprint density at radius 3 is 2.61 bits per heavy atom. The van der Waals surface area contributed by atoms with Crippen molar-refractivity contribution in [1.29, 1.82) is 0 Å². The number of allylic oxidation sites excluding steroid dienone is 1. The fourth-order valence-corrected chi connectivity index (χ4v) is 3.00. The molecule has 3 rings (SSSR count). The van der Waals surface area contributed by atoms with Crippen LogP contribution in [0.5, 0.6) is 0 Å². The Balaban J connectivity index is 1.98. The lowest BCUT2D eigenvalue weighted by Crippen LogP contribution is -2.04. The van der Waals surface area contributed by atoms with Crippen molar-refractivity contribution in [2.24, 2.45) is 0 Å². The van der Waals surface area contributed by atoms with Gasteiger partial charge in [0.25, 0.3) is 0 Å². The van der Waals surface area contributed by atoms with Crippen molar-refractivity contribution in [2.75, 3.05) is 0 Å². The van der Waals surface area contributed by atoms with Crippen molar-refractivity contribution in [3.05, 3.63) is 71.4 Å². The third-order valence-corrected chi connectivity index (χ3v) is 4.39. The Hall–Kier alpha value is -2.49. The Morgan fingerprint density at radius 1 is 1.17 bits per heavy atom. The average molecular weight is 309 g/mol. The number of aromatic nitrogens is 3. The highest BCUT2D eigenvalue weighted by Gasteiger charge is 2.15. The van der Waals surface area contributed by atoms with Crippen LogP contribution < -0.4 is 0 Å². The second-order valence-corrected chi connectivity index (χ2v) is 5.79. The molecule has 0 radical (unpaired) electrons. The number of nitrogens with zero attached hydrogens (tertiary/aromatic N) is 3. The highest BCUT2D eigenvalue weighted by Crippen LogP contribution is 2.27. The Bertz CT molecular complexity index is 847. The lowest BCUT2D eigenvalue weighted by atomic mass is 10.1. The molecule has 0 aliphatic carbocycles. The first-order chi connectivity index (χ1) is 11.1. The highest BCUT2D eigenvalue weighted by atomic mass is 19.1. The lowest BCUT2D eigenvalue weighted by Gasteiger charge is -2.08. The Morgan fingerprint density at radius 2 is 1.91 bits per heavy atom. The van der Waals surface area contributed by atoms with E-state index in [4.69, 9.17) is 0 Å². The number of halogens is 1. The molecule has 4 heteroatoms. The second kappa shape index (κ2) is 6.32. The van der Waals surface area contributed by atoms with Crippen LogP contribution in [0.2, 0.25) is 0 Å². The van der Waals surface area contributed by atoms with E-state index in [0.717, 1.165) is 41.5 Å². The van der Waals surface area contributed by atoms with Crippen molar-refractivity contribution in [1.82, 2.24) is 14.8 Å². The summed E-state index contributed by atoms with van der Waals surface area (Å²) in [5.74, 6) is -0.207. The molecule has 0 unspecified atom stereocenters. The van der Waals surface area contributed by atoms with Gasteiger partial charge in [0.1, 0.15) is 5.82 Å². The molecule has 3 nitrogen and oxygen atoms in total. The SMILES string of the molecule is C=CCn1c(C)c(C)c2cnnc(CCc3ccc(F)cc3)c21. The molecule has 0 spiro atoms. The molecule has 0 saturated carbocycles. The predicted molar refractivity (Wildman–Crippen MR) is 91.0 cm³/mol. The summed E-state index contributed by atoms with van der Waals surface area (Å²) in [5.41, 5.74) is 5.67. The van der Waals surface area contributed by atoms with Crippen LogP contribution in [0, 0.1) is 19.7 Å². The first-order valence-corrected chi connectivity index (χ1v) is 7.77. The summed E-state index contributed by atoms with van der Waals surface area (Å²) in [6.07, 6.45) is 5.32. The molecule has 23 heavy (non-hydrogen) atoms. The second-order valence-electron chi connectivity index (χ2n) is 5.79. The van der Waals surface area contributed by atoms with Gasteiger partial charge >= 0.3 is 0 Å². The largest absolute Gasteiger partial charge is 0.339 e. The number of aryl methyl sites for hydroxylation is 3. The molecule has 0 atom stereocenters. The van der Waals surface area contributed by atoms with E-state index in [2.05, 4.69) is 35.2 Å². The summed E-state index contributed by atoms with van der Waals surface area (Å²) in [4.78, 5) is 0. The van der Waals surface area contributed by atoms with E-state index in [0.29, 0.717) is 0 Å². The summed E-state index contributed by atoms with van der Waals surface area (Å²) < 4.78 is 15.3. The fraction of sp³-hybridized carbons (Fsp3) is 0.263. The van der Waals surface area contributed by atoms with Gasteiger partial charge in [0, 0.05) is 17.6 Å². The van der Waals surface area contributed by atoms with E-state index >= 15 is 0 Å². The maximum Gasteiger partial charge on any atom is 0.123 e. The van der Waals surface area contributed by atoms with Gasteiger partial charge in [0.15, 0.2) is 0 Å². The monoisotopic (exact) mass is 309 g/mol. The molecular weight excluding hydrogens is 289 g/mol. The van der Waals surface area contributed by atoms with Crippen LogP contribution >= 0.6 is 0 Å². The van der Waals surface area contributed by atoms with Gasteiger partial charge in [-0.05, 0) is 49.9 Å². The number of fused-ring (bicyclic) bond motifs is 1. The molecule has 1 aromatic carbocycles. The zero-order chi connectivity index (χ0) is 16.4. The van der Waals surface area contributed by atoms with Crippen LogP contribution in [0.3, 0.4) is 0 Å². The Kier molecular flexibility index (Phi) is 4.24. The van der Waals surface area contributed by atoms with E-state index in [9.17, 15) is 4.39 Å². The smallest absolute Gasteiger partial charge is 0.123 e. The first kappa shape index (κ1) is 15.4. The zero-order valence-corrected chi connectivity index (χ0v) is 13.5. The normalized spacial score (nSPS) is 11.1. The van der Waals surface area contributed by atoms with Crippen LogP contribution in [0.15, 0.2) is 43.1 Å². The van der Waals surface area contributed by atoms with E-state index < -0.39 is 0 Å². The minimum atomic E-state index is -0.207. The minimum Gasteiger partial charge on any atom is -0.339 e. The minimum absolute atomic E-state index is 0.207. The number of rotatable bonds is 5. The molecule has 0 saturated heterocycles. The van der Waals surface area contributed by atoms with Crippen molar-refractivity contribution in [2.45, 2.75) is 33.2 Å². The molecule has 3 aromatic rings. The van der Waals surface area contributed by atoms with Gasteiger partial charge in [0.05, 0.1) is 17.4 Å².